The van der Waals surface area contributed by atoms with Crippen LogP contribution in [0.5, 0.6) is 0 Å². The average Bonchev–Trinajstić information content (AvgIpc) is 3.36. The van der Waals surface area contributed by atoms with Crippen LogP contribution in [0.25, 0.3) is 56.0 Å². The summed E-state index contributed by atoms with van der Waals surface area (Å²) < 4.78 is 11.9. The van der Waals surface area contributed by atoms with E-state index in [1.54, 1.807) is 22.0 Å². The van der Waals surface area contributed by atoms with Crippen molar-refractivity contribution in [2.24, 2.45) is 0 Å². The Bertz CT molecular complexity index is 2950. The van der Waals surface area contributed by atoms with Gasteiger partial charge in [0.15, 0.2) is 0 Å². The average molecular weight is 859 g/mol. The molecule has 8 nitrogen and oxygen atoms in total. The smallest absolute Gasteiger partial charge is 0.373 e. The molecule has 9 rings (SSSR count). The highest BCUT2D eigenvalue weighted by atomic mass is 16.5. The summed E-state index contributed by atoms with van der Waals surface area (Å²) >= 11 is 0. The Labute approximate surface area is 383 Å². The van der Waals surface area contributed by atoms with Gasteiger partial charge in [0.05, 0.1) is 0 Å². The van der Waals surface area contributed by atoms with Crippen LogP contribution in [-0.4, -0.2) is 23.8 Å². The normalized spacial score (nSPS) is 11.2. The minimum Gasteiger partial charge on any atom is -0.373 e. The van der Waals surface area contributed by atoms with E-state index in [1.165, 1.54) is 0 Å². The lowest BCUT2D eigenvalue weighted by Crippen LogP contribution is -2.51. The summed E-state index contributed by atoms with van der Waals surface area (Å²) in [6, 6.07) is 72.5. The van der Waals surface area contributed by atoms with E-state index in [4.69, 9.17) is 31.1 Å². The Kier molecular flexibility index (Phi) is 12.5. The third-order valence-electron chi connectivity index (χ3n) is 11.1. The first-order valence-electron chi connectivity index (χ1n) is 21.5. The first-order chi connectivity index (χ1) is 32.4. The molecule has 0 atom stereocenters. The number of nitrogens with two attached hydrogens (primary N) is 2. The molecule has 0 aliphatic carbocycles. The first-order valence-corrected chi connectivity index (χ1v) is 21.5. The predicted molar refractivity (Wildman–Crippen MR) is 272 cm³/mol. The zero-order valence-electron chi connectivity index (χ0n) is 36.0. The highest BCUT2D eigenvalue weighted by molar-refractivity contribution is 6.22. The van der Waals surface area contributed by atoms with Crippen molar-refractivity contribution in [2.75, 3.05) is 9.80 Å². The molecule has 318 valence electrons. The van der Waals surface area contributed by atoms with Gasteiger partial charge < -0.3 is 9.47 Å². The molecule has 0 radical (unpaired) electrons. The van der Waals surface area contributed by atoms with Crippen LogP contribution in [0.4, 0.5) is 22.7 Å². The molecule has 0 fully saturated rings. The molecule has 0 amide bonds. The summed E-state index contributed by atoms with van der Waals surface area (Å²) in [5.74, 6) is -0.242. The van der Waals surface area contributed by atoms with Crippen molar-refractivity contribution in [1.82, 2.24) is 0 Å². The van der Waals surface area contributed by atoms with Crippen LogP contribution in [-0.2, 0) is 9.47 Å². The Morgan fingerprint density at radius 2 is 0.652 bits per heavy atom. The van der Waals surface area contributed by atoms with E-state index >= 15 is 0 Å². The van der Waals surface area contributed by atoms with Crippen LogP contribution in [0.15, 0.2) is 231 Å². The monoisotopic (exact) mass is 858 g/mol. The quantitative estimate of drug-likeness (QED) is 0.0621. The summed E-state index contributed by atoms with van der Waals surface area (Å²) in [4.78, 5) is 3.55. The van der Waals surface area contributed by atoms with E-state index in [-0.39, 0.29) is 23.8 Å². The highest BCUT2D eigenvalue weighted by Gasteiger charge is 2.27. The lowest BCUT2D eigenvalue weighted by atomic mass is 9.84. The third-order valence-corrected chi connectivity index (χ3v) is 11.1. The fourth-order valence-corrected chi connectivity index (χ4v) is 8.14. The maximum atomic E-state index is 8.83. The molecule has 0 saturated heterocycles. The molecule has 0 spiro atoms. The van der Waals surface area contributed by atoms with Gasteiger partial charge in [0.2, 0.25) is 11.8 Å². The lowest BCUT2D eigenvalue weighted by Gasteiger charge is -2.19. The molecular formula is C58H46N6O2+2. The van der Waals surface area contributed by atoms with Gasteiger partial charge in [-0.25, -0.2) is 0 Å². The van der Waals surface area contributed by atoms with Crippen LogP contribution in [0.3, 0.4) is 0 Å². The predicted octanol–water partition coefficient (Wildman–Crippen LogP) is 11.2. The molecule has 0 aromatic heterocycles. The van der Waals surface area contributed by atoms with Crippen LogP contribution >= 0.6 is 0 Å². The van der Waals surface area contributed by atoms with Crippen molar-refractivity contribution >= 4 is 80.3 Å². The molecule has 0 heterocycles. The van der Waals surface area contributed by atoms with Crippen LogP contribution < -0.4 is 20.6 Å². The Balaban J connectivity index is 1.07. The molecule has 8 heteroatoms. The summed E-state index contributed by atoms with van der Waals surface area (Å²) in [7, 11) is 0. The molecule has 0 bridgehead atoms. The van der Waals surface area contributed by atoms with Gasteiger partial charge in [0, 0.05) is 12.2 Å². The highest BCUT2D eigenvalue weighted by Crippen LogP contribution is 2.45. The number of fused-ring (bicyclic) bond motifs is 3. The van der Waals surface area contributed by atoms with Crippen molar-refractivity contribution in [3.8, 4) is 22.3 Å². The van der Waals surface area contributed by atoms with E-state index in [2.05, 4.69) is 84.9 Å². The number of hydrogen-bond donors (Lipinski definition) is 4. The Morgan fingerprint density at radius 1 is 0.364 bits per heavy atom. The fourth-order valence-electron chi connectivity index (χ4n) is 8.14. The van der Waals surface area contributed by atoms with Gasteiger partial charge in [-0.05, 0) is 128 Å². The van der Waals surface area contributed by atoms with Gasteiger partial charge in [-0.1, -0.05) is 158 Å². The summed E-state index contributed by atoms with van der Waals surface area (Å²) in [5, 5.41) is 35.0. The topological polar surface area (TPSA) is 124 Å². The summed E-state index contributed by atoms with van der Waals surface area (Å²) in [6.07, 6.45) is 6.95. The van der Waals surface area contributed by atoms with E-state index < -0.39 is 0 Å². The zero-order chi connectivity index (χ0) is 45.2. The number of para-hydroxylation sites is 4. The minimum absolute atomic E-state index is 0.0526. The van der Waals surface area contributed by atoms with Gasteiger partial charge in [-0.3, -0.25) is 21.6 Å². The summed E-state index contributed by atoms with van der Waals surface area (Å²) in [5.41, 5.74) is 9.39. The van der Waals surface area contributed by atoms with E-state index in [0.717, 1.165) is 77.7 Å². The van der Waals surface area contributed by atoms with E-state index in [0.29, 0.717) is 0 Å². The second-order valence-electron chi connectivity index (χ2n) is 15.4. The number of benzene rings is 9. The van der Waals surface area contributed by atoms with E-state index in [9.17, 15) is 0 Å². The zero-order valence-corrected chi connectivity index (χ0v) is 36.0. The molecule has 6 N–H and O–H groups in total. The Morgan fingerprint density at radius 3 is 0.955 bits per heavy atom. The van der Waals surface area contributed by atoms with Crippen LogP contribution in [0.2, 0.25) is 0 Å². The number of amidine groups is 2. The maximum Gasteiger partial charge on any atom is 0.459 e. The Hall–Kier alpha value is -9.14. The van der Waals surface area contributed by atoms with Crippen molar-refractivity contribution in [3.63, 3.8) is 0 Å². The number of hydrogen-bond acceptors (Lipinski definition) is 4. The second-order valence-corrected chi connectivity index (χ2v) is 15.4. The summed E-state index contributed by atoms with van der Waals surface area (Å²) in [6.45, 7) is 0. The van der Waals surface area contributed by atoms with Gasteiger partial charge in [0.1, 0.15) is 22.7 Å². The largest absolute Gasteiger partial charge is 0.459 e. The molecule has 9 aromatic rings. The maximum absolute atomic E-state index is 8.83. The number of ether oxygens (including phenoxy) is 2. The van der Waals surface area contributed by atoms with Gasteiger partial charge in [0.25, 0.3) is 0 Å². The van der Waals surface area contributed by atoms with Crippen LogP contribution in [0.1, 0.15) is 11.1 Å². The van der Waals surface area contributed by atoms with Crippen molar-refractivity contribution in [2.45, 2.75) is 0 Å². The van der Waals surface area contributed by atoms with Gasteiger partial charge in [-0.2, -0.15) is 9.80 Å². The number of anilines is 4. The number of rotatable bonds is 10. The molecule has 0 aliphatic rings. The molecule has 66 heavy (non-hydrogen) atoms. The third kappa shape index (κ3) is 9.29. The standard InChI is InChI=1S/C58H44N6O2/c59-53(65-57(61)63(45-23-11-3-12-24-45)46-25-13-4-14-26-46)37-33-41-31-35-49-51(39-41)52-40-42(32-36-50(52)56(44-21-9-2-10-22-44)55(49)43-19-7-1-8-20-43)34-38-54(60)66-58(62)64(47-27-15-5-16-28-47)48-29-17-6-18-30-48/h1-40,59-62H/p+2/b37-33+,38-34+,59-53?,60-54?,61-57?,62-58?. The van der Waals surface area contributed by atoms with Crippen molar-refractivity contribution in [3.05, 3.63) is 242 Å². The number of nitrogens with zero attached hydrogens (tertiary/aromatic N) is 2. The molecule has 0 aliphatic heterocycles. The van der Waals surface area contributed by atoms with Crippen LogP contribution in [0, 0.1) is 10.8 Å². The molecule has 0 unspecified atom stereocenters. The van der Waals surface area contributed by atoms with Gasteiger partial charge in [-0.15, -0.1) is 0 Å². The fraction of sp³-hybridized carbons (Fsp3) is 0. The van der Waals surface area contributed by atoms with E-state index in [1.807, 2.05) is 146 Å². The van der Waals surface area contributed by atoms with Crippen molar-refractivity contribution in [1.29, 1.82) is 10.8 Å². The van der Waals surface area contributed by atoms with Gasteiger partial charge >= 0.3 is 12.0 Å². The molecule has 0 saturated carbocycles. The first kappa shape index (κ1) is 42.2. The SMILES string of the molecule is N=C(/C=C/c1ccc2c(-c3ccccc3)c(-c3ccccc3)c3ccc(/C=C/C(=N)OC(=[NH2+])N(c4ccccc4)c4ccccc4)cc3c2c1)OC(=[NH2+])N(c1ccccc1)c1ccccc1. The second kappa shape index (κ2) is 19.5. The lowest BCUT2D eigenvalue weighted by molar-refractivity contribution is -0.135. The van der Waals surface area contributed by atoms with Crippen molar-refractivity contribution < 1.29 is 20.3 Å². The minimum atomic E-state index is -0.121. The number of nitrogens with one attached hydrogen (secondary N) is 2. The molecular weight excluding hydrogens is 813 g/mol. The molecule has 9 aromatic carbocycles.